The van der Waals surface area contributed by atoms with E-state index in [1.807, 2.05) is 17.9 Å². The second-order valence-electron chi connectivity index (χ2n) is 6.93. The average molecular weight is 338 g/mol. The van der Waals surface area contributed by atoms with E-state index < -0.39 is 0 Å². The lowest BCUT2D eigenvalue weighted by Crippen LogP contribution is -2.49. The second kappa shape index (κ2) is 6.82. The van der Waals surface area contributed by atoms with Crippen molar-refractivity contribution in [3.05, 3.63) is 47.3 Å². The first-order chi connectivity index (χ1) is 11.9. The zero-order valence-electron chi connectivity index (χ0n) is 15.6. The Hall–Kier alpha value is -2.43. The van der Waals surface area contributed by atoms with E-state index >= 15 is 0 Å². The standard InChI is InChI=1S/C20H26N4O/c1-6-17-14(4)19(23-20-21-10-9-13(3)22-20)16-11-12(2)7-8-18(16)24(17)15(5)25/h7-11,14,17,19H,6H2,1-5H3,(H,21,22,23)/t14-,17-,19?/m0/s1. The van der Waals surface area contributed by atoms with Gasteiger partial charge >= 0.3 is 0 Å². The van der Waals surface area contributed by atoms with Gasteiger partial charge < -0.3 is 10.2 Å². The molecule has 2 aromatic rings. The van der Waals surface area contributed by atoms with Crippen molar-refractivity contribution in [1.29, 1.82) is 0 Å². The lowest BCUT2D eigenvalue weighted by atomic mass is 9.80. The lowest BCUT2D eigenvalue weighted by molar-refractivity contribution is -0.117. The summed E-state index contributed by atoms with van der Waals surface area (Å²) in [6.07, 6.45) is 2.68. The molecule has 5 nitrogen and oxygen atoms in total. The van der Waals surface area contributed by atoms with Crippen LogP contribution in [-0.2, 0) is 4.79 Å². The monoisotopic (exact) mass is 338 g/mol. The van der Waals surface area contributed by atoms with Crippen LogP contribution in [0.5, 0.6) is 0 Å². The summed E-state index contributed by atoms with van der Waals surface area (Å²) >= 11 is 0. The molecule has 0 fully saturated rings. The predicted molar refractivity (Wildman–Crippen MR) is 101 cm³/mol. The first kappa shape index (κ1) is 17.4. The van der Waals surface area contributed by atoms with Gasteiger partial charge in [-0.3, -0.25) is 4.79 Å². The van der Waals surface area contributed by atoms with E-state index in [1.165, 1.54) is 5.56 Å². The van der Waals surface area contributed by atoms with Gasteiger partial charge in [-0.25, -0.2) is 9.97 Å². The molecule has 1 N–H and O–H groups in total. The van der Waals surface area contributed by atoms with Crippen LogP contribution in [0.25, 0.3) is 0 Å². The van der Waals surface area contributed by atoms with Gasteiger partial charge in [0.1, 0.15) is 0 Å². The smallest absolute Gasteiger partial charge is 0.224 e. The van der Waals surface area contributed by atoms with Crippen molar-refractivity contribution >= 4 is 17.5 Å². The summed E-state index contributed by atoms with van der Waals surface area (Å²) in [5, 5.41) is 3.52. The molecule has 25 heavy (non-hydrogen) atoms. The van der Waals surface area contributed by atoms with Crippen LogP contribution in [0.2, 0.25) is 0 Å². The minimum Gasteiger partial charge on any atom is -0.347 e. The van der Waals surface area contributed by atoms with Gasteiger partial charge in [-0.15, -0.1) is 0 Å². The summed E-state index contributed by atoms with van der Waals surface area (Å²) in [5.74, 6) is 0.969. The number of carbonyl (C=O) groups excluding carboxylic acids is 1. The summed E-state index contributed by atoms with van der Waals surface area (Å²) in [7, 11) is 0. The number of anilines is 2. The highest BCUT2D eigenvalue weighted by molar-refractivity contribution is 5.94. The zero-order chi connectivity index (χ0) is 18.1. The highest BCUT2D eigenvalue weighted by Crippen LogP contribution is 2.43. The van der Waals surface area contributed by atoms with Crippen LogP contribution in [0.15, 0.2) is 30.5 Å². The molecule has 0 bridgehead atoms. The number of fused-ring (bicyclic) bond motifs is 1. The van der Waals surface area contributed by atoms with Crippen molar-refractivity contribution in [2.75, 3.05) is 10.2 Å². The van der Waals surface area contributed by atoms with Crippen LogP contribution < -0.4 is 10.2 Å². The van der Waals surface area contributed by atoms with Crippen molar-refractivity contribution in [3.63, 3.8) is 0 Å². The summed E-state index contributed by atoms with van der Waals surface area (Å²) in [4.78, 5) is 23.2. The van der Waals surface area contributed by atoms with Crippen LogP contribution in [-0.4, -0.2) is 21.9 Å². The number of nitrogens with zero attached hydrogens (tertiary/aromatic N) is 3. The zero-order valence-corrected chi connectivity index (χ0v) is 15.6. The van der Waals surface area contributed by atoms with E-state index in [1.54, 1.807) is 13.1 Å². The Morgan fingerprint density at radius 1 is 1.28 bits per heavy atom. The Bertz CT molecular complexity index is 789. The first-order valence-electron chi connectivity index (χ1n) is 8.89. The molecule has 0 spiro atoms. The minimum atomic E-state index is 0.0669. The normalized spacial score (nSPS) is 22.4. The van der Waals surface area contributed by atoms with Crippen molar-refractivity contribution in [2.45, 2.75) is 53.1 Å². The third-order valence-corrected chi connectivity index (χ3v) is 5.08. The Morgan fingerprint density at radius 2 is 2.04 bits per heavy atom. The van der Waals surface area contributed by atoms with Crippen molar-refractivity contribution in [2.24, 2.45) is 5.92 Å². The topological polar surface area (TPSA) is 58.1 Å². The van der Waals surface area contributed by atoms with Crippen LogP contribution in [0.3, 0.4) is 0 Å². The molecular weight excluding hydrogens is 312 g/mol. The molecule has 132 valence electrons. The van der Waals surface area contributed by atoms with Crippen LogP contribution in [0.4, 0.5) is 11.6 Å². The molecule has 0 saturated carbocycles. The number of carbonyl (C=O) groups is 1. The maximum Gasteiger partial charge on any atom is 0.224 e. The summed E-state index contributed by atoms with van der Waals surface area (Å²) in [6, 6.07) is 8.40. The predicted octanol–water partition coefficient (Wildman–Crippen LogP) is 4.03. The summed E-state index contributed by atoms with van der Waals surface area (Å²) in [6.45, 7) is 10.0. The van der Waals surface area contributed by atoms with E-state index in [9.17, 15) is 4.79 Å². The van der Waals surface area contributed by atoms with E-state index in [2.05, 4.69) is 54.3 Å². The van der Waals surface area contributed by atoms with E-state index in [-0.39, 0.29) is 23.9 Å². The van der Waals surface area contributed by atoms with E-state index in [0.717, 1.165) is 23.4 Å². The van der Waals surface area contributed by atoms with Gasteiger partial charge in [0, 0.05) is 36.5 Å². The fourth-order valence-corrected chi connectivity index (χ4v) is 3.89. The van der Waals surface area contributed by atoms with Crippen LogP contribution in [0.1, 0.15) is 50.1 Å². The van der Waals surface area contributed by atoms with E-state index in [0.29, 0.717) is 5.95 Å². The van der Waals surface area contributed by atoms with Gasteiger partial charge in [0.2, 0.25) is 11.9 Å². The van der Waals surface area contributed by atoms with Crippen molar-refractivity contribution in [3.8, 4) is 0 Å². The van der Waals surface area contributed by atoms with Crippen molar-refractivity contribution in [1.82, 2.24) is 9.97 Å². The summed E-state index contributed by atoms with van der Waals surface area (Å²) < 4.78 is 0. The Morgan fingerprint density at radius 3 is 2.68 bits per heavy atom. The molecule has 0 aliphatic carbocycles. The largest absolute Gasteiger partial charge is 0.347 e. The number of nitrogens with one attached hydrogen (secondary N) is 1. The fraction of sp³-hybridized carbons (Fsp3) is 0.450. The van der Waals surface area contributed by atoms with Crippen molar-refractivity contribution < 1.29 is 4.79 Å². The quantitative estimate of drug-likeness (QED) is 0.918. The highest BCUT2D eigenvalue weighted by Gasteiger charge is 2.39. The molecule has 3 rings (SSSR count). The Balaban J connectivity index is 2.09. The summed E-state index contributed by atoms with van der Waals surface area (Å²) in [5.41, 5.74) is 4.25. The van der Waals surface area contributed by atoms with Gasteiger partial charge in [0.05, 0.1) is 6.04 Å². The number of hydrogen-bond donors (Lipinski definition) is 1. The van der Waals surface area contributed by atoms with Gasteiger partial charge in [0.15, 0.2) is 0 Å². The molecule has 5 heteroatoms. The minimum absolute atomic E-state index is 0.0669. The van der Waals surface area contributed by atoms with Gasteiger partial charge in [-0.05, 0) is 38.0 Å². The molecule has 1 amide bonds. The molecule has 1 unspecified atom stereocenters. The molecular formula is C20H26N4O. The third kappa shape index (κ3) is 3.23. The van der Waals surface area contributed by atoms with Crippen LogP contribution >= 0.6 is 0 Å². The van der Waals surface area contributed by atoms with Gasteiger partial charge in [-0.1, -0.05) is 31.5 Å². The fourth-order valence-electron chi connectivity index (χ4n) is 3.89. The molecule has 2 heterocycles. The maximum atomic E-state index is 12.4. The molecule has 3 atom stereocenters. The number of hydrogen-bond acceptors (Lipinski definition) is 4. The number of rotatable bonds is 3. The molecule has 1 aromatic carbocycles. The molecule has 0 saturated heterocycles. The molecule has 1 aliphatic rings. The molecule has 0 radical (unpaired) electrons. The number of aromatic nitrogens is 2. The number of benzene rings is 1. The maximum absolute atomic E-state index is 12.4. The third-order valence-electron chi connectivity index (χ3n) is 5.08. The molecule has 1 aliphatic heterocycles. The Labute approximate surface area is 149 Å². The SMILES string of the molecule is CC[C@H]1[C@H](C)C(Nc2nccc(C)n2)c2cc(C)ccc2N1C(C)=O. The number of amides is 1. The van der Waals surface area contributed by atoms with Gasteiger partial charge in [0.25, 0.3) is 0 Å². The lowest BCUT2D eigenvalue weighted by Gasteiger charge is -2.45. The Kier molecular flexibility index (Phi) is 4.75. The second-order valence-corrected chi connectivity index (χ2v) is 6.93. The number of aryl methyl sites for hydroxylation is 2. The van der Waals surface area contributed by atoms with Crippen LogP contribution in [0, 0.1) is 19.8 Å². The van der Waals surface area contributed by atoms with Gasteiger partial charge in [-0.2, -0.15) is 0 Å². The molecule has 1 aromatic heterocycles. The first-order valence-corrected chi connectivity index (χ1v) is 8.89. The highest BCUT2D eigenvalue weighted by atomic mass is 16.2. The van der Waals surface area contributed by atoms with E-state index in [4.69, 9.17) is 0 Å². The average Bonchev–Trinajstić information content (AvgIpc) is 2.56.